The highest BCUT2D eigenvalue weighted by Crippen LogP contribution is 2.26. The number of hydrogen-bond donors (Lipinski definition) is 2. The van der Waals surface area contributed by atoms with Crippen LogP contribution < -0.4 is 10.6 Å². The first kappa shape index (κ1) is 13.0. The van der Waals surface area contributed by atoms with E-state index in [0.717, 1.165) is 32.5 Å². The summed E-state index contributed by atoms with van der Waals surface area (Å²) in [4.78, 5) is 11.5. The van der Waals surface area contributed by atoms with E-state index < -0.39 is 0 Å². The normalized spacial score (nSPS) is 20.4. The number of hydrogen-bond acceptors (Lipinski definition) is 2. The van der Waals surface area contributed by atoms with Gasteiger partial charge in [-0.25, -0.2) is 0 Å². The lowest BCUT2D eigenvalue weighted by Gasteiger charge is -2.33. The zero-order valence-electron chi connectivity index (χ0n) is 10.3. The maximum Gasteiger partial charge on any atom is 0.243 e. The van der Waals surface area contributed by atoms with Crippen molar-refractivity contribution >= 4 is 5.91 Å². The van der Waals surface area contributed by atoms with Crippen LogP contribution in [0.1, 0.15) is 26.7 Å². The average Bonchev–Trinajstić information content (AvgIpc) is 2.28. The monoisotopic (exact) mass is 222 g/mol. The summed E-state index contributed by atoms with van der Waals surface area (Å²) in [6, 6.07) is 0. The van der Waals surface area contributed by atoms with Crippen LogP contribution in [0.3, 0.4) is 0 Å². The van der Waals surface area contributed by atoms with Crippen LogP contribution in [0.4, 0.5) is 0 Å². The molecule has 0 aromatic rings. The molecule has 0 atom stereocenters. The van der Waals surface area contributed by atoms with E-state index in [1.807, 2.05) is 19.1 Å². The summed E-state index contributed by atoms with van der Waals surface area (Å²) in [6.07, 6.45) is 9.35. The Labute approximate surface area is 98.0 Å². The molecule has 3 heteroatoms. The van der Waals surface area contributed by atoms with Gasteiger partial charge in [-0.1, -0.05) is 25.2 Å². The molecule has 0 radical (unpaired) electrons. The zero-order valence-corrected chi connectivity index (χ0v) is 10.3. The van der Waals surface area contributed by atoms with Crippen molar-refractivity contribution in [1.82, 2.24) is 10.6 Å². The van der Waals surface area contributed by atoms with E-state index in [0.29, 0.717) is 0 Å². The van der Waals surface area contributed by atoms with E-state index in [2.05, 4.69) is 17.6 Å². The maximum atomic E-state index is 11.5. The third kappa shape index (κ3) is 4.62. The Hall–Kier alpha value is -1.09. The number of amides is 1. The van der Waals surface area contributed by atoms with Crippen molar-refractivity contribution in [3.63, 3.8) is 0 Å². The molecule has 3 nitrogen and oxygen atoms in total. The molecule has 1 rings (SSSR count). The molecule has 1 saturated heterocycles. The lowest BCUT2D eigenvalue weighted by atomic mass is 9.81. The summed E-state index contributed by atoms with van der Waals surface area (Å²) >= 11 is 0. The molecule has 2 N–H and O–H groups in total. The van der Waals surface area contributed by atoms with Gasteiger partial charge in [-0.05, 0) is 38.3 Å². The van der Waals surface area contributed by atoms with E-state index in [4.69, 9.17) is 0 Å². The molecule has 1 aliphatic heterocycles. The second-order valence-corrected chi connectivity index (χ2v) is 4.66. The number of rotatable bonds is 4. The minimum atomic E-state index is -0.00198. The molecular weight excluding hydrogens is 200 g/mol. The minimum Gasteiger partial charge on any atom is -0.352 e. The van der Waals surface area contributed by atoms with E-state index >= 15 is 0 Å². The van der Waals surface area contributed by atoms with Crippen molar-refractivity contribution < 1.29 is 4.79 Å². The molecule has 1 amide bonds. The van der Waals surface area contributed by atoms with Gasteiger partial charge >= 0.3 is 0 Å². The third-order valence-electron chi connectivity index (χ3n) is 3.05. The molecular formula is C13H22N2O. The quantitative estimate of drug-likeness (QED) is 0.560. The van der Waals surface area contributed by atoms with E-state index in [9.17, 15) is 4.79 Å². The molecule has 1 heterocycles. The topological polar surface area (TPSA) is 41.1 Å². The standard InChI is InChI=1S/C13H22N2O/c1-3-4-5-6-12(16)15-11-13(2)7-9-14-10-8-13/h3-6,14H,7-11H2,1-2H3,(H,15,16). The third-order valence-corrected chi connectivity index (χ3v) is 3.05. The lowest BCUT2D eigenvalue weighted by Crippen LogP contribution is -2.42. The second kappa shape index (κ2) is 6.48. The van der Waals surface area contributed by atoms with Crippen molar-refractivity contribution in [2.45, 2.75) is 26.7 Å². The maximum absolute atomic E-state index is 11.5. The molecule has 0 unspecified atom stereocenters. The number of nitrogens with one attached hydrogen (secondary N) is 2. The van der Waals surface area contributed by atoms with Crippen molar-refractivity contribution in [1.29, 1.82) is 0 Å². The van der Waals surface area contributed by atoms with Crippen LogP contribution in [0, 0.1) is 5.41 Å². The van der Waals surface area contributed by atoms with Crippen LogP contribution in [0.5, 0.6) is 0 Å². The summed E-state index contributed by atoms with van der Waals surface area (Å²) in [5.74, 6) is -0.00198. The largest absolute Gasteiger partial charge is 0.352 e. The molecule has 0 aliphatic carbocycles. The Morgan fingerprint density at radius 1 is 1.38 bits per heavy atom. The van der Waals surface area contributed by atoms with Gasteiger partial charge < -0.3 is 10.6 Å². The first-order chi connectivity index (χ1) is 7.66. The van der Waals surface area contributed by atoms with E-state index in [1.165, 1.54) is 0 Å². The zero-order chi connectivity index (χ0) is 11.9. The van der Waals surface area contributed by atoms with Crippen LogP contribution >= 0.6 is 0 Å². The summed E-state index contributed by atoms with van der Waals surface area (Å²) in [6.45, 7) is 7.05. The predicted molar refractivity (Wildman–Crippen MR) is 67.2 cm³/mol. The van der Waals surface area contributed by atoms with Gasteiger partial charge in [0.2, 0.25) is 5.91 Å². The lowest BCUT2D eigenvalue weighted by molar-refractivity contribution is -0.117. The van der Waals surface area contributed by atoms with Crippen LogP contribution in [0.25, 0.3) is 0 Å². The smallest absolute Gasteiger partial charge is 0.243 e. The molecule has 16 heavy (non-hydrogen) atoms. The van der Waals surface area contributed by atoms with Gasteiger partial charge in [-0.2, -0.15) is 0 Å². The van der Waals surface area contributed by atoms with Crippen molar-refractivity contribution in [3.05, 3.63) is 24.3 Å². The summed E-state index contributed by atoms with van der Waals surface area (Å²) in [5, 5.41) is 6.30. The van der Waals surface area contributed by atoms with Crippen LogP contribution in [0.15, 0.2) is 24.3 Å². The average molecular weight is 222 g/mol. The number of allylic oxidation sites excluding steroid dienone is 3. The van der Waals surface area contributed by atoms with Crippen LogP contribution in [0.2, 0.25) is 0 Å². The molecule has 0 spiro atoms. The van der Waals surface area contributed by atoms with Gasteiger partial charge in [0.25, 0.3) is 0 Å². The predicted octanol–water partition coefficient (Wildman–Crippen LogP) is 1.62. The number of carbonyl (C=O) groups excluding carboxylic acids is 1. The highest BCUT2D eigenvalue weighted by molar-refractivity contribution is 5.87. The first-order valence-corrected chi connectivity index (χ1v) is 5.94. The second-order valence-electron chi connectivity index (χ2n) is 4.66. The molecule has 0 saturated carbocycles. The molecule has 90 valence electrons. The van der Waals surface area contributed by atoms with Crippen molar-refractivity contribution in [2.24, 2.45) is 5.41 Å². The fourth-order valence-corrected chi connectivity index (χ4v) is 1.82. The first-order valence-electron chi connectivity index (χ1n) is 5.94. The number of carbonyl (C=O) groups is 1. The summed E-state index contributed by atoms with van der Waals surface area (Å²) in [7, 11) is 0. The summed E-state index contributed by atoms with van der Waals surface area (Å²) in [5.41, 5.74) is 0.259. The van der Waals surface area contributed by atoms with Gasteiger partial charge in [0.05, 0.1) is 0 Å². The minimum absolute atomic E-state index is 0.00198. The van der Waals surface area contributed by atoms with Gasteiger partial charge in [0.1, 0.15) is 0 Å². The van der Waals surface area contributed by atoms with Gasteiger partial charge in [-0.15, -0.1) is 0 Å². The molecule has 0 bridgehead atoms. The highest BCUT2D eigenvalue weighted by Gasteiger charge is 2.26. The van der Waals surface area contributed by atoms with Gasteiger partial charge in [-0.3, -0.25) is 4.79 Å². The fraction of sp³-hybridized carbons (Fsp3) is 0.615. The van der Waals surface area contributed by atoms with Gasteiger partial charge in [0, 0.05) is 12.6 Å². The van der Waals surface area contributed by atoms with Crippen molar-refractivity contribution in [2.75, 3.05) is 19.6 Å². The summed E-state index contributed by atoms with van der Waals surface area (Å²) < 4.78 is 0. The Kier molecular flexibility index (Phi) is 5.26. The molecule has 1 aliphatic rings. The Morgan fingerprint density at radius 3 is 2.69 bits per heavy atom. The number of piperidine rings is 1. The van der Waals surface area contributed by atoms with Crippen LogP contribution in [-0.4, -0.2) is 25.5 Å². The van der Waals surface area contributed by atoms with Crippen LogP contribution in [-0.2, 0) is 4.79 Å². The molecule has 0 aromatic heterocycles. The fourth-order valence-electron chi connectivity index (χ4n) is 1.82. The van der Waals surface area contributed by atoms with Gasteiger partial charge in [0.15, 0.2) is 0 Å². The van der Waals surface area contributed by atoms with E-state index in [1.54, 1.807) is 12.2 Å². The highest BCUT2D eigenvalue weighted by atomic mass is 16.1. The Bertz CT molecular complexity index is 276. The SMILES string of the molecule is CC=CC=CC(=O)NCC1(C)CCNCC1. The van der Waals surface area contributed by atoms with E-state index in [-0.39, 0.29) is 11.3 Å². The Balaban J connectivity index is 2.30. The molecule has 0 aromatic carbocycles. The molecule has 1 fully saturated rings. The van der Waals surface area contributed by atoms with Crippen molar-refractivity contribution in [3.8, 4) is 0 Å². The Morgan fingerprint density at radius 2 is 2.06 bits per heavy atom.